The first kappa shape index (κ1) is 21.7. The first-order valence-electron chi connectivity index (χ1n) is 11.3. The molecular weight excluding hydrogens is 464 g/mol. The van der Waals surface area contributed by atoms with E-state index in [0.29, 0.717) is 22.7 Å². The van der Waals surface area contributed by atoms with Gasteiger partial charge in [0.2, 0.25) is 35.8 Å². The van der Waals surface area contributed by atoms with Crippen molar-refractivity contribution in [3.8, 4) is 0 Å². The third-order valence-corrected chi connectivity index (χ3v) is 7.58. The molecule has 2 aromatic rings. The average molecular weight is 480 g/mol. The van der Waals surface area contributed by atoms with Crippen molar-refractivity contribution in [2.45, 2.75) is 0 Å². The van der Waals surface area contributed by atoms with Crippen LogP contribution in [0.1, 0.15) is 0 Å². The Kier molecular flexibility index (Phi) is 4.76. The van der Waals surface area contributed by atoms with Crippen molar-refractivity contribution in [3.05, 3.63) is 60.7 Å². The minimum atomic E-state index is -0.748. The van der Waals surface area contributed by atoms with Gasteiger partial charge in [0.1, 0.15) is 0 Å². The highest BCUT2D eigenvalue weighted by molar-refractivity contribution is 6.26. The summed E-state index contributed by atoms with van der Waals surface area (Å²) >= 11 is 0. The molecule has 3 fully saturated rings. The van der Waals surface area contributed by atoms with Crippen molar-refractivity contribution < 1.29 is 28.8 Å². The lowest BCUT2D eigenvalue weighted by Gasteiger charge is -2.44. The molecule has 0 spiro atoms. The minimum Gasteiger partial charge on any atom is -0.274 e. The number of carbonyl (C=O) groups excluding carboxylic acids is 6. The molecule has 2 bridgehead atoms. The molecule has 36 heavy (non-hydrogen) atoms. The van der Waals surface area contributed by atoms with Gasteiger partial charge in [-0.05, 0) is 48.5 Å². The molecule has 4 atom stereocenters. The number of amides is 4. The summed E-state index contributed by atoms with van der Waals surface area (Å²) in [4.78, 5) is 84.3. The van der Waals surface area contributed by atoms with Crippen LogP contribution in [0.5, 0.6) is 0 Å². The van der Waals surface area contributed by atoms with Crippen LogP contribution in [0.25, 0.3) is 0 Å². The van der Waals surface area contributed by atoms with E-state index in [1.54, 1.807) is 12.2 Å². The summed E-state index contributed by atoms with van der Waals surface area (Å²) in [6, 6.07) is 12.1. The number of hydrogen-bond acceptors (Lipinski definition) is 8. The highest BCUT2D eigenvalue weighted by atomic mass is 16.2. The Bertz CT molecular complexity index is 1310. The molecule has 5 aliphatic rings. The second kappa shape index (κ2) is 7.88. The van der Waals surface area contributed by atoms with Crippen molar-refractivity contribution in [2.75, 3.05) is 9.80 Å². The molecule has 0 radical (unpaired) electrons. The fraction of sp³-hybridized carbons (Fsp3) is 0.231. The van der Waals surface area contributed by atoms with E-state index in [1.807, 2.05) is 0 Å². The number of nitrogens with zero attached hydrogens (tertiary/aromatic N) is 4. The molecule has 2 aromatic carbocycles. The monoisotopic (exact) mass is 480 g/mol. The average Bonchev–Trinajstić information content (AvgIpc) is 3.33. The molecule has 0 aromatic heterocycles. The molecular formula is C26H16N4O6. The van der Waals surface area contributed by atoms with Gasteiger partial charge < -0.3 is 0 Å². The summed E-state index contributed by atoms with van der Waals surface area (Å²) in [5.41, 5.74) is 1.35. The van der Waals surface area contributed by atoms with Gasteiger partial charge in [-0.3, -0.25) is 29.0 Å². The quantitative estimate of drug-likeness (QED) is 0.285. The van der Waals surface area contributed by atoms with Crippen LogP contribution in [0.2, 0.25) is 0 Å². The Labute approximate surface area is 203 Å². The van der Waals surface area contributed by atoms with Crippen LogP contribution in [0.3, 0.4) is 0 Å². The summed E-state index contributed by atoms with van der Waals surface area (Å²) < 4.78 is 0. The van der Waals surface area contributed by atoms with Crippen LogP contribution in [0.15, 0.2) is 70.7 Å². The van der Waals surface area contributed by atoms with Gasteiger partial charge in [0, 0.05) is 11.8 Å². The van der Waals surface area contributed by atoms with Gasteiger partial charge in [0.25, 0.3) is 0 Å². The van der Waals surface area contributed by atoms with Crippen LogP contribution in [-0.4, -0.2) is 35.8 Å². The number of benzene rings is 2. The summed E-state index contributed by atoms with van der Waals surface area (Å²) in [5, 5.41) is 0. The first-order chi connectivity index (χ1) is 17.5. The number of allylic oxidation sites excluding steroid dienone is 2. The predicted octanol–water partition coefficient (Wildman–Crippen LogP) is 2.35. The Balaban J connectivity index is 1.34. The van der Waals surface area contributed by atoms with E-state index < -0.39 is 59.1 Å². The van der Waals surface area contributed by atoms with Gasteiger partial charge in [-0.1, -0.05) is 12.2 Å². The third-order valence-electron chi connectivity index (χ3n) is 7.58. The highest BCUT2D eigenvalue weighted by Gasteiger charge is 2.68. The Hall–Kier alpha value is -4.78. The number of imide groups is 2. The molecule has 2 aliphatic heterocycles. The molecule has 3 aliphatic carbocycles. The number of hydrogen-bond donors (Lipinski definition) is 0. The van der Waals surface area contributed by atoms with Crippen molar-refractivity contribution in [1.82, 2.24) is 0 Å². The highest BCUT2D eigenvalue weighted by Crippen LogP contribution is 2.58. The molecule has 4 unspecified atom stereocenters. The number of aliphatic imine (C=N–C) groups is 2. The van der Waals surface area contributed by atoms with E-state index in [0.717, 1.165) is 9.80 Å². The number of rotatable bonds is 4. The van der Waals surface area contributed by atoms with E-state index in [2.05, 4.69) is 9.98 Å². The molecule has 0 N–H and O–H groups in total. The number of carbonyl (C=O) groups is 4. The van der Waals surface area contributed by atoms with E-state index in [-0.39, 0.29) is 0 Å². The Morgan fingerprint density at radius 3 is 1.11 bits per heavy atom. The van der Waals surface area contributed by atoms with Crippen LogP contribution < -0.4 is 9.80 Å². The number of anilines is 2. The van der Waals surface area contributed by atoms with E-state index in [9.17, 15) is 28.8 Å². The molecule has 2 saturated heterocycles. The lowest BCUT2D eigenvalue weighted by molar-refractivity contribution is -0.137. The SMILES string of the molecule is O=C=Nc1ccc(N2C(=O)C3C4C=CC(C3C2=O)C2C(=O)N(c3ccc(N=C=O)cc3)C(=O)C42)cc1. The van der Waals surface area contributed by atoms with Crippen LogP contribution >= 0.6 is 0 Å². The van der Waals surface area contributed by atoms with Gasteiger partial charge in [-0.2, -0.15) is 9.98 Å². The lowest BCUT2D eigenvalue weighted by atomic mass is 9.54. The predicted molar refractivity (Wildman–Crippen MR) is 124 cm³/mol. The zero-order valence-electron chi connectivity index (χ0n) is 18.5. The smallest absolute Gasteiger partial charge is 0.240 e. The summed E-state index contributed by atoms with van der Waals surface area (Å²) in [5.74, 6) is -5.83. The van der Waals surface area contributed by atoms with E-state index >= 15 is 0 Å². The maximum Gasteiger partial charge on any atom is 0.240 e. The molecule has 7 rings (SSSR count). The topological polar surface area (TPSA) is 134 Å². The van der Waals surface area contributed by atoms with Crippen molar-refractivity contribution in [3.63, 3.8) is 0 Å². The largest absolute Gasteiger partial charge is 0.274 e. The third kappa shape index (κ3) is 2.86. The van der Waals surface area contributed by atoms with Crippen LogP contribution in [-0.2, 0) is 28.8 Å². The second-order valence-corrected chi connectivity index (χ2v) is 9.11. The number of isocyanates is 2. The molecule has 2 heterocycles. The van der Waals surface area contributed by atoms with Gasteiger partial charge in [-0.25, -0.2) is 9.59 Å². The van der Waals surface area contributed by atoms with Gasteiger partial charge in [0.05, 0.1) is 46.4 Å². The standard InChI is InChI=1S/C26H16N4O6/c31-11-27-13-1-5-15(6-2-13)29-23(33)19-17-9-10-18(20(19)24(29)34)22-21(17)25(35)30(26(22)36)16-7-3-14(4-8-16)28-12-32/h1-10,17-22H. The van der Waals surface area contributed by atoms with Gasteiger partial charge in [-0.15, -0.1) is 0 Å². The normalized spacial score (nSPS) is 29.7. The van der Waals surface area contributed by atoms with Crippen LogP contribution in [0, 0.1) is 35.5 Å². The Morgan fingerprint density at radius 2 is 0.833 bits per heavy atom. The van der Waals surface area contributed by atoms with Crippen molar-refractivity contribution in [2.24, 2.45) is 45.5 Å². The zero-order valence-corrected chi connectivity index (χ0v) is 18.5. The van der Waals surface area contributed by atoms with E-state index in [4.69, 9.17) is 0 Å². The molecule has 10 nitrogen and oxygen atoms in total. The Morgan fingerprint density at radius 1 is 0.528 bits per heavy atom. The van der Waals surface area contributed by atoms with Gasteiger partial charge >= 0.3 is 0 Å². The molecule has 10 heteroatoms. The second-order valence-electron chi connectivity index (χ2n) is 9.11. The molecule has 176 valence electrons. The molecule has 4 amide bonds. The zero-order chi connectivity index (χ0) is 25.1. The lowest BCUT2D eigenvalue weighted by Crippen LogP contribution is -2.50. The summed E-state index contributed by atoms with van der Waals surface area (Å²) in [7, 11) is 0. The summed E-state index contributed by atoms with van der Waals surface area (Å²) in [6.07, 6.45) is 6.46. The van der Waals surface area contributed by atoms with Crippen molar-refractivity contribution in [1.29, 1.82) is 0 Å². The fourth-order valence-corrected chi connectivity index (χ4v) is 6.19. The maximum absolute atomic E-state index is 13.5. The van der Waals surface area contributed by atoms with Gasteiger partial charge in [0.15, 0.2) is 0 Å². The first-order valence-corrected chi connectivity index (χ1v) is 11.3. The molecule has 1 saturated carbocycles. The van der Waals surface area contributed by atoms with Crippen LogP contribution in [0.4, 0.5) is 22.7 Å². The van der Waals surface area contributed by atoms with E-state index in [1.165, 1.54) is 60.7 Å². The van der Waals surface area contributed by atoms with Crippen molar-refractivity contribution >= 4 is 58.5 Å². The minimum absolute atomic E-state index is 0.337. The maximum atomic E-state index is 13.5. The summed E-state index contributed by atoms with van der Waals surface area (Å²) in [6.45, 7) is 0. The fourth-order valence-electron chi connectivity index (χ4n) is 6.19.